The fourth-order valence-electron chi connectivity index (χ4n) is 1.45. The molecule has 0 bridgehead atoms. The van der Waals surface area contributed by atoms with Crippen LogP contribution in [0.3, 0.4) is 0 Å². The normalized spacial score (nSPS) is 10.1. The smallest absolute Gasteiger partial charge is 0.268 e. The first-order valence-corrected chi connectivity index (χ1v) is 5.35. The van der Waals surface area contributed by atoms with Crippen LogP contribution in [0.2, 0.25) is 0 Å². The molecule has 0 aliphatic rings. The van der Waals surface area contributed by atoms with Crippen molar-refractivity contribution in [2.24, 2.45) is 0 Å². The Labute approximate surface area is 108 Å². The zero-order valence-corrected chi connectivity index (χ0v) is 10.3. The summed E-state index contributed by atoms with van der Waals surface area (Å²) in [4.78, 5) is 7.75. The van der Waals surface area contributed by atoms with Crippen LogP contribution < -0.4 is 14.8 Å². The molecule has 100 valence electrons. The third kappa shape index (κ3) is 2.70. The number of benzene rings is 1. The molecule has 0 unspecified atom stereocenters. The van der Waals surface area contributed by atoms with Gasteiger partial charge in [-0.1, -0.05) is 0 Å². The Morgan fingerprint density at radius 2 is 2.00 bits per heavy atom. The van der Waals surface area contributed by atoms with Crippen LogP contribution in [0.1, 0.15) is 0 Å². The molecular weight excluding hydrogens is 256 g/mol. The van der Waals surface area contributed by atoms with Crippen molar-refractivity contribution in [3.8, 4) is 17.4 Å². The summed E-state index contributed by atoms with van der Waals surface area (Å²) in [7, 11) is 3.03. The van der Waals surface area contributed by atoms with Crippen molar-refractivity contribution in [2.75, 3.05) is 19.5 Å². The average molecular weight is 267 g/mol. The largest absolute Gasteiger partial charge is 0.489 e. The van der Waals surface area contributed by atoms with Gasteiger partial charge in [-0.3, -0.25) is 0 Å². The third-order valence-corrected chi connectivity index (χ3v) is 2.31. The van der Waals surface area contributed by atoms with E-state index in [0.29, 0.717) is 5.82 Å². The molecule has 2 aromatic rings. The van der Waals surface area contributed by atoms with Crippen LogP contribution in [-0.2, 0) is 0 Å². The molecule has 0 amide bonds. The lowest BCUT2D eigenvalue weighted by Crippen LogP contribution is -2.01. The summed E-state index contributed by atoms with van der Waals surface area (Å²) in [6.45, 7) is 0. The number of rotatable bonds is 4. The number of ether oxygens (including phenoxy) is 2. The lowest BCUT2D eigenvalue weighted by atomic mass is 10.3. The van der Waals surface area contributed by atoms with Gasteiger partial charge in [0, 0.05) is 13.1 Å². The summed E-state index contributed by atoms with van der Waals surface area (Å²) >= 11 is 0. The van der Waals surface area contributed by atoms with Crippen molar-refractivity contribution in [3.05, 3.63) is 36.2 Å². The van der Waals surface area contributed by atoms with Crippen molar-refractivity contribution in [3.63, 3.8) is 0 Å². The number of anilines is 1. The molecule has 0 aliphatic heterocycles. The summed E-state index contributed by atoms with van der Waals surface area (Å²) in [5.41, 5.74) is 0. The van der Waals surface area contributed by atoms with Gasteiger partial charge < -0.3 is 14.8 Å². The molecule has 5 nitrogen and oxygen atoms in total. The van der Waals surface area contributed by atoms with E-state index in [0.717, 1.165) is 18.2 Å². The number of aromatic nitrogens is 2. The van der Waals surface area contributed by atoms with E-state index < -0.39 is 11.6 Å². The van der Waals surface area contributed by atoms with Gasteiger partial charge in [-0.05, 0) is 12.1 Å². The highest BCUT2D eigenvalue weighted by molar-refractivity contribution is 5.55. The molecule has 1 N–H and O–H groups in total. The van der Waals surface area contributed by atoms with E-state index in [1.54, 1.807) is 7.05 Å². The van der Waals surface area contributed by atoms with Crippen molar-refractivity contribution in [1.29, 1.82) is 0 Å². The van der Waals surface area contributed by atoms with E-state index in [4.69, 9.17) is 9.47 Å². The number of halogens is 2. The van der Waals surface area contributed by atoms with Crippen LogP contribution in [0.5, 0.6) is 17.4 Å². The van der Waals surface area contributed by atoms with Gasteiger partial charge in [-0.25, -0.2) is 13.8 Å². The van der Waals surface area contributed by atoms with E-state index in [2.05, 4.69) is 15.3 Å². The highest BCUT2D eigenvalue weighted by Gasteiger charge is 2.15. The van der Waals surface area contributed by atoms with Gasteiger partial charge in [-0.15, -0.1) is 0 Å². The van der Waals surface area contributed by atoms with Crippen molar-refractivity contribution in [1.82, 2.24) is 9.97 Å². The molecule has 2 rings (SSSR count). The first kappa shape index (κ1) is 13.0. The van der Waals surface area contributed by atoms with Crippen molar-refractivity contribution in [2.45, 2.75) is 0 Å². The molecule has 0 fully saturated rings. The van der Waals surface area contributed by atoms with Crippen molar-refractivity contribution < 1.29 is 18.3 Å². The second-order valence-electron chi connectivity index (χ2n) is 3.49. The minimum atomic E-state index is -0.701. The van der Waals surface area contributed by atoms with E-state index in [9.17, 15) is 8.78 Å². The molecule has 0 saturated carbocycles. The molecule has 1 aromatic heterocycles. The fraction of sp³-hybridized carbons (Fsp3) is 0.167. The zero-order chi connectivity index (χ0) is 13.8. The minimum absolute atomic E-state index is 0.00801. The quantitative estimate of drug-likeness (QED) is 0.922. The molecule has 7 heteroatoms. The Balaban J connectivity index is 2.40. The molecule has 0 aliphatic carbocycles. The maximum atomic E-state index is 13.5. The molecule has 0 radical (unpaired) electrons. The Morgan fingerprint density at radius 3 is 2.68 bits per heavy atom. The van der Waals surface area contributed by atoms with Gasteiger partial charge in [0.2, 0.25) is 5.75 Å². The number of hydrogen-bond donors (Lipinski definition) is 1. The Hall–Kier alpha value is -2.44. The summed E-state index contributed by atoms with van der Waals surface area (Å²) in [6, 6.07) is 2.89. The molecule has 0 saturated heterocycles. The SMILES string of the molecule is CNc1ncnc(Oc2cc(F)ccc2F)c1OC. The average Bonchev–Trinajstić information content (AvgIpc) is 2.42. The first-order chi connectivity index (χ1) is 9.15. The van der Waals surface area contributed by atoms with Crippen LogP contribution in [0.15, 0.2) is 24.5 Å². The number of nitrogens with one attached hydrogen (secondary N) is 1. The van der Waals surface area contributed by atoms with Gasteiger partial charge in [0.1, 0.15) is 12.1 Å². The van der Waals surface area contributed by atoms with E-state index in [1.165, 1.54) is 13.4 Å². The molecule has 0 spiro atoms. The number of nitrogens with zero attached hydrogens (tertiary/aromatic N) is 2. The summed E-state index contributed by atoms with van der Waals surface area (Å²) in [6.07, 6.45) is 1.22. The Kier molecular flexibility index (Phi) is 3.74. The third-order valence-electron chi connectivity index (χ3n) is 2.31. The standard InChI is InChI=1S/C12H11F2N3O2/c1-15-11-10(18-2)12(17-6-16-11)19-9-5-7(13)3-4-8(9)14/h3-6H,1-2H3,(H,15,16,17). The lowest BCUT2D eigenvalue weighted by Gasteiger charge is -2.12. The van der Waals surface area contributed by atoms with E-state index in [-0.39, 0.29) is 17.4 Å². The van der Waals surface area contributed by atoms with Gasteiger partial charge in [-0.2, -0.15) is 4.98 Å². The van der Waals surface area contributed by atoms with E-state index >= 15 is 0 Å². The predicted octanol–water partition coefficient (Wildman–Crippen LogP) is 2.60. The predicted molar refractivity (Wildman–Crippen MR) is 64.6 cm³/mol. The molecule has 1 aromatic carbocycles. The maximum Gasteiger partial charge on any atom is 0.268 e. The molecule has 19 heavy (non-hydrogen) atoms. The van der Waals surface area contributed by atoms with Gasteiger partial charge in [0.25, 0.3) is 5.88 Å². The van der Waals surface area contributed by atoms with Gasteiger partial charge in [0.15, 0.2) is 17.4 Å². The summed E-state index contributed by atoms with van der Waals surface area (Å²) < 4.78 is 36.8. The first-order valence-electron chi connectivity index (χ1n) is 5.35. The number of methoxy groups -OCH3 is 1. The summed E-state index contributed by atoms with van der Waals surface area (Å²) in [5.74, 6) is -1.02. The number of hydrogen-bond acceptors (Lipinski definition) is 5. The van der Waals surface area contributed by atoms with Crippen LogP contribution in [-0.4, -0.2) is 24.1 Å². The minimum Gasteiger partial charge on any atom is -0.489 e. The van der Waals surface area contributed by atoms with Crippen LogP contribution in [0, 0.1) is 11.6 Å². The van der Waals surface area contributed by atoms with Crippen LogP contribution in [0.25, 0.3) is 0 Å². The van der Waals surface area contributed by atoms with Gasteiger partial charge in [0.05, 0.1) is 7.11 Å². The maximum absolute atomic E-state index is 13.5. The van der Waals surface area contributed by atoms with E-state index in [1.807, 2.05) is 0 Å². The molecular formula is C12H11F2N3O2. The Bertz CT molecular complexity index is 593. The zero-order valence-electron chi connectivity index (χ0n) is 10.3. The van der Waals surface area contributed by atoms with Crippen LogP contribution in [0.4, 0.5) is 14.6 Å². The summed E-state index contributed by atoms with van der Waals surface area (Å²) in [5, 5.41) is 2.77. The second-order valence-corrected chi connectivity index (χ2v) is 3.49. The topological polar surface area (TPSA) is 56.3 Å². The fourth-order valence-corrected chi connectivity index (χ4v) is 1.45. The lowest BCUT2D eigenvalue weighted by molar-refractivity contribution is 0.359. The highest BCUT2D eigenvalue weighted by Crippen LogP contribution is 2.34. The van der Waals surface area contributed by atoms with Gasteiger partial charge >= 0.3 is 0 Å². The van der Waals surface area contributed by atoms with Crippen molar-refractivity contribution >= 4 is 5.82 Å². The Morgan fingerprint density at radius 1 is 1.21 bits per heavy atom. The molecule has 1 heterocycles. The molecule has 0 atom stereocenters. The highest BCUT2D eigenvalue weighted by atomic mass is 19.1. The monoisotopic (exact) mass is 267 g/mol. The second kappa shape index (κ2) is 5.47. The van der Waals surface area contributed by atoms with Crippen LogP contribution >= 0.6 is 0 Å².